The van der Waals surface area contributed by atoms with Gasteiger partial charge in [-0.15, -0.1) is 0 Å². The molecule has 0 aliphatic carbocycles. The second-order valence-electron chi connectivity index (χ2n) is 3.93. The number of ketones is 4. The summed E-state index contributed by atoms with van der Waals surface area (Å²) in [6.45, 7) is 5.13. The van der Waals surface area contributed by atoms with Crippen LogP contribution in [0.2, 0.25) is 0 Å². The molecule has 0 atom stereocenters. The van der Waals surface area contributed by atoms with Crippen LogP contribution in [0.1, 0.15) is 27.7 Å². The first-order chi connectivity index (χ1) is 7.25. The van der Waals surface area contributed by atoms with E-state index in [9.17, 15) is 19.2 Å². The van der Waals surface area contributed by atoms with Gasteiger partial charge in [-0.3, -0.25) is 24.1 Å². The molecule has 0 amide bonds. The first-order valence-corrected chi connectivity index (χ1v) is 4.99. The molecule has 0 bridgehead atoms. The molecule has 0 N–H and O–H groups in total. The lowest BCUT2D eigenvalue weighted by Crippen LogP contribution is -2.48. The maximum atomic E-state index is 11.3. The molecular weight excluding hydrogens is 210 g/mol. The van der Waals surface area contributed by atoms with E-state index in [1.807, 2.05) is 0 Å². The maximum Gasteiger partial charge on any atom is 0.154 e. The van der Waals surface area contributed by atoms with Crippen LogP contribution >= 0.6 is 0 Å². The summed E-state index contributed by atoms with van der Waals surface area (Å²) >= 11 is 0. The van der Waals surface area contributed by atoms with Crippen molar-refractivity contribution in [2.24, 2.45) is 0 Å². The molecular formula is C11H17NO4. The van der Waals surface area contributed by atoms with Gasteiger partial charge in [-0.1, -0.05) is 0 Å². The van der Waals surface area contributed by atoms with Gasteiger partial charge in [0.2, 0.25) is 0 Å². The van der Waals surface area contributed by atoms with Crippen LogP contribution in [0.3, 0.4) is 0 Å². The van der Waals surface area contributed by atoms with Gasteiger partial charge < -0.3 is 0 Å². The Bertz CT molecular complexity index is 292. The van der Waals surface area contributed by atoms with Gasteiger partial charge in [0.15, 0.2) is 11.6 Å². The monoisotopic (exact) mass is 227 g/mol. The van der Waals surface area contributed by atoms with Crippen LogP contribution in [0.25, 0.3) is 0 Å². The second-order valence-corrected chi connectivity index (χ2v) is 3.93. The number of rotatable bonds is 7. The summed E-state index contributed by atoms with van der Waals surface area (Å²) < 4.78 is 0. The van der Waals surface area contributed by atoms with Crippen molar-refractivity contribution in [2.45, 2.75) is 33.7 Å². The number of Topliss-reactive ketones (excluding diaryl/α,β-unsaturated/α-hetero) is 4. The highest BCUT2D eigenvalue weighted by Gasteiger charge is 2.28. The zero-order valence-corrected chi connectivity index (χ0v) is 10.1. The Labute approximate surface area is 94.8 Å². The molecule has 0 aliphatic heterocycles. The molecule has 0 fully saturated rings. The zero-order valence-electron chi connectivity index (χ0n) is 10.1. The third-order valence-corrected chi connectivity index (χ3v) is 1.99. The fourth-order valence-electron chi connectivity index (χ4n) is 1.61. The van der Waals surface area contributed by atoms with Crippen molar-refractivity contribution in [1.82, 2.24) is 4.90 Å². The van der Waals surface area contributed by atoms with Crippen molar-refractivity contribution in [2.75, 3.05) is 13.1 Å². The molecule has 0 rings (SSSR count). The highest BCUT2D eigenvalue weighted by Crippen LogP contribution is 2.03. The van der Waals surface area contributed by atoms with Crippen LogP contribution in [0.4, 0.5) is 0 Å². The van der Waals surface area contributed by atoms with Crippen molar-refractivity contribution in [3.8, 4) is 0 Å². The Morgan fingerprint density at radius 1 is 0.812 bits per heavy atom. The summed E-state index contributed by atoms with van der Waals surface area (Å²) in [5.74, 6) is -1.08. The lowest BCUT2D eigenvalue weighted by atomic mass is 10.1. The summed E-state index contributed by atoms with van der Waals surface area (Å²) in [7, 11) is 0. The topological polar surface area (TPSA) is 71.5 Å². The van der Waals surface area contributed by atoms with Gasteiger partial charge >= 0.3 is 0 Å². The number of hydrogen-bond acceptors (Lipinski definition) is 5. The molecule has 0 radical (unpaired) electrons. The summed E-state index contributed by atoms with van der Waals surface area (Å²) in [5, 5.41) is 0. The number of carbonyl (C=O) groups excluding carboxylic acids is 4. The van der Waals surface area contributed by atoms with Gasteiger partial charge in [-0.2, -0.15) is 0 Å². The van der Waals surface area contributed by atoms with Gasteiger partial charge in [0, 0.05) is 0 Å². The third kappa shape index (κ3) is 4.93. The number of carbonyl (C=O) groups is 4. The van der Waals surface area contributed by atoms with Crippen molar-refractivity contribution in [3.05, 3.63) is 0 Å². The van der Waals surface area contributed by atoms with E-state index in [0.29, 0.717) is 0 Å². The van der Waals surface area contributed by atoms with Gasteiger partial charge in [0.25, 0.3) is 0 Å². The van der Waals surface area contributed by atoms with E-state index in [-0.39, 0.29) is 36.2 Å². The van der Waals surface area contributed by atoms with E-state index in [0.717, 1.165) is 0 Å². The molecule has 0 heterocycles. The first-order valence-electron chi connectivity index (χ1n) is 4.99. The molecule has 0 aliphatic rings. The van der Waals surface area contributed by atoms with Crippen molar-refractivity contribution in [1.29, 1.82) is 0 Å². The standard InChI is InChI=1S/C11H17NO4/c1-7(13)5-12(6-8(2)14)11(9(3)15)10(4)16/h11H,5-6H2,1-4H3. The minimum absolute atomic E-state index is 0.0661. The van der Waals surface area contributed by atoms with E-state index < -0.39 is 6.04 Å². The molecule has 0 aromatic carbocycles. The molecule has 0 saturated heterocycles. The maximum absolute atomic E-state index is 11.3. The smallest absolute Gasteiger partial charge is 0.154 e. The Morgan fingerprint density at radius 2 is 1.12 bits per heavy atom. The number of nitrogens with zero attached hydrogens (tertiary/aromatic N) is 1. The molecule has 0 saturated carbocycles. The highest BCUT2D eigenvalue weighted by atomic mass is 16.2. The predicted octanol–water partition coefficient (Wildman–Crippen LogP) is 0.0130. The summed E-state index contributed by atoms with van der Waals surface area (Å²) in [5.41, 5.74) is 0. The average molecular weight is 227 g/mol. The Kier molecular flexibility index (Phi) is 5.74. The van der Waals surface area contributed by atoms with Gasteiger partial charge in [0.1, 0.15) is 17.6 Å². The van der Waals surface area contributed by atoms with Crippen molar-refractivity contribution >= 4 is 23.1 Å². The fraction of sp³-hybridized carbons (Fsp3) is 0.636. The highest BCUT2D eigenvalue weighted by molar-refractivity contribution is 6.05. The van der Waals surface area contributed by atoms with Crippen LogP contribution in [-0.2, 0) is 19.2 Å². The lowest BCUT2D eigenvalue weighted by molar-refractivity contribution is -0.134. The average Bonchev–Trinajstić information content (AvgIpc) is 1.98. The van der Waals surface area contributed by atoms with Crippen molar-refractivity contribution < 1.29 is 19.2 Å². The lowest BCUT2D eigenvalue weighted by Gasteiger charge is -2.25. The SMILES string of the molecule is CC(=O)CN(CC(C)=O)C(C(C)=O)C(C)=O. The van der Waals surface area contributed by atoms with Crippen LogP contribution < -0.4 is 0 Å². The predicted molar refractivity (Wildman–Crippen MR) is 58.1 cm³/mol. The van der Waals surface area contributed by atoms with Crippen LogP contribution in [0.5, 0.6) is 0 Å². The first kappa shape index (κ1) is 14.6. The van der Waals surface area contributed by atoms with E-state index in [2.05, 4.69) is 0 Å². The Morgan fingerprint density at radius 3 is 1.31 bits per heavy atom. The molecule has 0 aromatic rings. The molecule has 5 nitrogen and oxygen atoms in total. The minimum Gasteiger partial charge on any atom is -0.299 e. The summed E-state index contributed by atoms with van der Waals surface area (Å²) in [6, 6.07) is -0.993. The van der Waals surface area contributed by atoms with Gasteiger partial charge in [0.05, 0.1) is 13.1 Å². The van der Waals surface area contributed by atoms with Gasteiger partial charge in [-0.25, -0.2) is 0 Å². The van der Waals surface area contributed by atoms with E-state index in [1.165, 1.54) is 32.6 Å². The summed E-state index contributed by atoms with van der Waals surface area (Å²) in [4.78, 5) is 45.9. The quantitative estimate of drug-likeness (QED) is 0.573. The van der Waals surface area contributed by atoms with Crippen LogP contribution in [-0.4, -0.2) is 47.2 Å². The van der Waals surface area contributed by atoms with E-state index in [4.69, 9.17) is 0 Å². The Hall–Kier alpha value is -1.36. The second kappa shape index (κ2) is 6.27. The zero-order chi connectivity index (χ0) is 12.9. The van der Waals surface area contributed by atoms with E-state index >= 15 is 0 Å². The molecule has 5 heteroatoms. The van der Waals surface area contributed by atoms with Crippen LogP contribution in [0, 0.1) is 0 Å². The minimum atomic E-state index is -0.993. The number of hydrogen-bond donors (Lipinski definition) is 0. The Balaban J connectivity index is 4.94. The fourth-order valence-corrected chi connectivity index (χ4v) is 1.61. The molecule has 16 heavy (non-hydrogen) atoms. The molecule has 0 spiro atoms. The molecule has 0 aromatic heterocycles. The van der Waals surface area contributed by atoms with Crippen LogP contribution in [0.15, 0.2) is 0 Å². The van der Waals surface area contributed by atoms with Crippen molar-refractivity contribution in [3.63, 3.8) is 0 Å². The molecule has 90 valence electrons. The normalized spacial score (nSPS) is 10.6. The van der Waals surface area contributed by atoms with Gasteiger partial charge in [-0.05, 0) is 27.7 Å². The van der Waals surface area contributed by atoms with E-state index in [1.54, 1.807) is 0 Å². The summed E-state index contributed by atoms with van der Waals surface area (Å²) in [6.07, 6.45) is 0. The largest absolute Gasteiger partial charge is 0.299 e. The third-order valence-electron chi connectivity index (χ3n) is 1.99. The molecule has 0 unspecified atom stereocenters.